The molecule has 0 amide bonds. The zero-order chi connectivity index (χ0) is 11.0. The molecule has 0 spiro atoms. The van der Waals surface area contributed by atoms with Crippen molar-refractivity contribution in [1.29, 1.82) is 0 Å². The van der Waals surface area contributed by atoms with Crippen LogP contribution in [0.2, 0.25) is 0 Å². The van der Waals surface area contributed by atoms with Crippen LogP contribution in [-0.4, -0.2) is 14.7 Å². The lowest BCUT2D eigenvalue weighted by molar-refractivity contribution is 0.688. The van der Waals surface area contributed by atoms with Gasteiger partial charge in [0.2, 0.25) is 4.80 Å². The van der Waals surface area contributed by atoms with E-state index in [1.165, 1.54) is 11.5 Å². The number of halogens is 1. The maximum atomic E-state index is 4.60. The summed E-state index contributed by atoms with van der Waals surface area (Å²) in [5.74, 6) is 1.11. The zero-order valence-corrected chi connectivity index (χ0v) is 11.5. The lowest BCUT2D eigenvalue weighted by atomic mass is 10.3. The van der Waals surface area contributed by atoms with Gasteiger partial charge in [0.15, 0.2) is 5.16 Å². The van der Waals surface area contributed by atoms with Crippen molar-refractivity contribution < 1.29 is 0 Å². The molecular formula is C10H8BrN3S2. The van der Waals surface area contributed by atoms with E-state index in [-0.39, 0.29) is 0 Å². The summed E-state index contributed by atoms with van der Waals surface area (Å²) in [5, 5.41) is 1.10. The Morgan fingerprint density at radius 1 is 1.31 bits per heavy atom. The van der Waals surface area contributed by atoms with Crippen LogP contribution in [0.25, 0.3) is 0 Å². The molecule has 1 aromatic heterocycles. The van der Waals surface area contributed by atoms with Crippen LogP contribution in [0.15, 0.2) is 38.9 Å². The first kappa shape index (κ1) is 10.6. The van der Waals surface area contributed by atoms with Crippen molar-refractivity contribution in [3.8, 4) is 0 Å². The molecule has 3 nitrogen and oxygen atoms in total. The number of fused-ring (bicyclic) bond motifs is 1. The molecule has 82 valence electrons. The molecule has 16 heavy (non-hydrogen) atoms. The fourth-order valence-corrected chi connectivity index (χ4v) is 3.61. The molecule has 3 rings (SSSR count). The molecule has 0 unspecified atom stereocenters. The van der Waals surface area contributed by atoms with E-state index in [9.17, 15) is 0 Å². The minimum absolute atomic E-state index is 0.971. The van der Waals surface area contributed by atoms with Gasteiger partial charge in [-0.05, 0) is 24.3 Å². The standard InChI is InChI=1S/C10H8BrN3S2/c11-7-1-3-8(4-2-7)12-9-14-5-6-15-10(14)13-16-9/h1-4H,5-6H2. The SMILES string of the molecule is Brc1ccc(N=c2snc3n2CCS3)cc1. The number of hydrogen-bond donors (Lipinski definition) is 0. The molecule has 0 radical (unpaired) electrons. The summed E-state index contributed by atoms with van der Waals surface area (Å²) >= 11 is 6.67. The van der Waals surface area contributed by atoms with Crippen LogP contribution >= 0.6 is 39.2 Å². The van der Waals surface area contributed by atoms with Crippen LogP contribution < -0.4 is 4.80 Å². The Morgan fingerprint density at radius 3 is 2.94 bits per heavy atom. The lowest BCUT2D eigenvalue weighted by Gasteiger charge is -1.94. The fraction of sp³-hybridized carbons (Fsp3) is 0.200. The highest BCUT2D eigenvalue weighted by Crippen LogP contribution is 2.22. The summed E-state index contributed by atoms with van der Waals surface area (Å²) in [7, 11) is 0. The Balaban J connectivity index is 2.05. The first-order chi connectivity index (χ1) is 7.83. The van der Waals surface area contributed by atoms with Gasteiger partial charge in [-0.2, -0.15) is 4.37 Å². The molecule has 1 aromatic carbocycles. The normalized spacial score (nSPS) is 15.4. The van der Waals surface area contributed by atoms with Gasteiger partial charge >= 0.3 is 0 Å². The van der Waals surface area contributed by atoms with Crippen molar-refractivity contribution in [1.82, 2.24) is 8.94 Å². The molecular weight excluding hydrogens is 306 g/mol. The highest BCUT2D eigenvalue weighted by atomic mass is 79.9. The number of nitrogens with zero attached hydrogens (tertiary/aromatic N) is 3. The quantitative estimate of drug-likeness (QED) is 0.810. The van der Waals surface area contributed by atoms with Gasteiger partial charge in [-0.3, -0.25) is 4.57 Å². The Morgan fingerprint density at radius 2 is 2.12 bits per heavy atom. The molecule has 0 N–H and O–H groups in total. The van der Waals surface area contributed by atoms with E-state index in [0.29, 0.717) is 0 Å². The van der Waals surface area contributed by atoms with Crippen LogP contribution in [0, 0.1) is 0 Å². The van der Waals surface area contributed by atoms with Crippen molar-refractivity contribution in [2.75, 3.05) is 5.75 Å². The van der Waals surface area contributed by atoms with E-state index >= 15 is 0 Å². The van der Waals surface area contributed by atoms with E-state index in [4.69, 9.17) is 0 Å². The van der Waals surface area contributed by atoms with Crippen LogP contribution in [0.1, 0.15) is 0 Å². The van der Waals surface area contributed by atoms with Crippen LogP contribution in [0.4, 0.5) is 5.69 Å². The summed E-state index contributed by atoms with van der Waals surface area (Å²) in [4.78, 5) is 5.59. The molecule has 2 aromatic rings. The predicted molar refractivity (Wildman–Crippen MR) is 70.2 cm³/mol. The second-order valence-electron chi connectivity index (χ2n) is 3.34. The molecule has 0 bridgehead atoms. The van der Waals surface area contributed by atoms with Crippen LogP contribution in [0.5, 0.6) is 0 Å². The number of thioether (sulfide) groups is 1. The third-order valence-electron chi connectivity index (χ3n) is 2.26. The maximum absolute atomic E-state index is 4.60. The molecule has 1 aliphatic heterocycles. The van der Waals surface area contributed by atoms with Crippen LogP contribution in [-0.2, 0) is 6.54 Å². The van der Waals surface area contributed by atoms with E-state index in [1.807, 2.05) is 24.3 Å². The Hall–Kier alpha value is -0.590. The highest BCUT2D eigenvalue weighted by molar-refractivity contribution is 9.10. The highest BCUT2D eigenvalue weighted by Gasteiger charge is 2.14. The molecule has 0 saturated carbocycles. The Kier molecular flexibility index (Phi) is 2.87. The average molecular weight is 314 g/mol. The zero-order valence-electron chi connectivity index (χ0n) is 8.26. The third-order valence-corrected chi connectivity index (χ3v) is 4.60. The lowest BCUT2D eigenvalue weighted by Crippen LogP contribution is -2.12. The van der Waals surface area contributed by atoms with Crippen molar-refractivity contribution in [2.45, 2.75) is 11.7 Å². The summed E-state index contributed by atoms with van der Waals surface area (Å²) < 4.78 is 7.63. The summed E-state index contributed by atoms with van der Waals surface area (Å²) in [6.45, 7) is 1.02. The van der Waals surface area contributed by atoms with Gasteiger partial charge in [0.25, 0.3) is 0 Å². The molecule has 6 heteroatoms. The monoisotopic (exact) mass is 313 g/mol. The minimum Gasteiger partial charge on any atom is -0.294 e. The van der Waals surface area contributed by atoms with E-state index in [1.54, 1.807) is 11.8 Å². The molecule has 2 heterocycles. The van der Waals surface area contributed by atoms with E-state index in [0.717, 1.165) is 32.4 Å². The molecule has 0 saturated heterocycles. The average Bonchev–Trinajstić information content (AvgIpc) is 2.86. The topological polar surface area (TPSA) is 30.2 Å². The molecule has 0 aliphatic carbocycles. The first-order valence-corrected chi connectivity index (χ1v) is 7.38. The smallest absolute Gasteiger partial charge is 0.210 e. The summed E-state index contributed by atoms with van der Waals surface area (Å²) in [5.41, 5.74) is 0.971. The van der Waals surface area contributed by atoms with Gasteiger partial charge in [0.05, 0.1) is 5.69 Å². The van der Waals surface area contributed by atoms with Crippen LogP contribution in [0.3, 0.4) is 0 Å². The van der Waals surface area contributed by atoms with Gasteiger partial charge < -0.3 is 0 Å². The van der Waals surface area contributed by atoms with E-state index in [2.05, 4.69) is 29.9 Å². The fourth-order valence-electron chi connectivity index (χ4n) is 1.49. The minimum atomic E-state index is 0.971. The largest absolute Gasteiger partial charge is 0.294 e. The second-order valence-corrected chi connectivity index (χ2v) is 6.04. The number of benzene rings is 1. The second kappa shape index (κ2) is 4.35. The Labute approximate surface area is 110 Å². The molecule has 1 aliphatic rings. The number of hydrogen-bond acceptors (Lipinski definition) is 4. The van der Waals surface area contributed by atoms with Gasteiger partial charge in [0.1, 0.15) is 0 Å². The van der Waals surface area contributed by atoms with Crippen molar-refractivity contribution >= 4 is 44.9 Å². The number of rotatable bonds is 1. The molecule has 0 atom stereocenters. The summed E-state index contributed by atoms with van der Waals surface area (Å²) in [6, 6.07) is 8.00. The van der Waals surface area contributed by atoms with Gasteiger partial charge in [-0.15, -0.1) is 0 Å². The van der Waals surface area contributed by atoms with Crippen molar-refractivity contribution in [3.63, 3.8) is 0 Å². The van der Waals surface area contributed by atoms with E-state index < -0.39 is 0 Å². The van der Waals surface area contributed by atoms with Gasteiger partial charge in [-0.1, -0.05) is 27.7 Å². The molecule has 0 fully saturated rings. The van der Waals surface area contributed by atoms with Crippen molar-refractivity contribution in [2.24, 2.45) is 4.99 Å². The predicted octanol–water partition coefficient (Wildman–Crippen LogP) is 3.05. The maximum Gasteiger partial charge on any atom is 0.210 e. The number of aromatic nitrogens is 2. The first-order valence-electron chi connectivity index (χ1n) is 4.82. The Bertz CT molecular complexity index is 570. The van der Waals surface area contributed by atoms with Gasteiger partial charge in [-0.25, -0.2) is 4.99 Å². The third kappa shape index (κ3) is 1.97. The summed E-state index contributed by atoms with van der Waals surface area (Å²) in [6.07, 6.45) is 0. The van der Waals surface area contributed by atoms with Crippen molar-refractivity contribution in [3.05, 3.63) is 33.5 Å². The van der Waals surface area contributed by atoms with Gasteiger partial charge in [0, 0.05) is 28.3 Å².